The number of nitrogens with zero attached hydrogens (tertiary/aromatic N) is 2. The van der Waals surface area contributed by atoms with E-state index in [1.165, 1.54) is 0 Å². The summed E-state index contributed by atoms with van der Waals surface area (Å²) in [6.07, 6.45) is 4.58. The van der Waals surface area contributed by atoms with Gasteiger partial charge in [0, 0.05) is 12.2 Å². The van der Waals surface area contributed by atoms with Gasteiger partial charge >= 0.3 is 0 Å². The highest BCUT2D eigenvalue weighted by molar-refractivity contribution is 5.86. The molecule has 3 N–H and O–H groups in total. The summed E-state index contributed by atoms with van der Waals surface area (Å²) in [4.78, 5) is 11.8. The molecule has 3 aromatic rings. The molecule has 2 atom stereocenters. The Labute approximate surface area is 144 Å². The number of anilines is 1. The van der Waals surface area contributed by atoms with Crippen LogP contribution in [0, 0.1) is 0 Å². The van der Waals surface area contributed by atoms with Crippen LogP contribution in [0.15, 0.2) is 36.8 Å². The third kappa shape index (κ3) is 2.56. The van der Waals surface area contributed by atoms with Crippen LogP contribution in [0.1, 0.15) is 18.0 Å². The number of ether oxygens (including phenoxy) is 2. The van der Waals surface area contributed by atoms with Crippen molar-refractivity contribution in [2.45, 2.75) is 18.5 Å². The number of H-pyrrole nitrogens is 1. The van der Waals surface area contributed by atoms with E-state index in [0.717, 1.165) is 46.9 Å². The zero-order valence-corrected chi connectivity index (χ0v) is 13.7. The first-order chi connectivity index (χ1) is 12.4. The van der Waals surface area contributed by atoms with E-state index < -0.39 is 0 Å². The molecule has 2 aliphatic rings. The van der Waals surface area contributed by atoms with Crippen molar-refractivity contribution in [2.75, 3.05) is 25.1 Å². The normalized spacial score (nSPS) is 20.1. The van der Waals surface area contributed by atoms with Crippen LogP contribution in [-0.4, -0.2) is 40.8 Å². The number of aromatic nitrogens is 3. The van der Waals surface area contributed by atoms with Crippen LogP contribution in [0.4, 0.5) is 5.82 Å². The van der Waals surface area contributed by atoms with E-state index in [2.05, 4.69) is 37.7 Å². The van der Waals surface area contributed by atoms with Crippen molar-refractivity contribution in [2.24, 2.45) is 0 Å². The monoisotopic (exact) mass is 337 g/mol. The van der Waals surface area contributed by atoms with E-state index in [-0.39, 0.29) is 6.04 Å². The van der Waals surface area contributed by atoms with E-state index in [1.807, 2.05) is 18.3 Å². The van der Waals surface area contributed by atoms with Crippen LogP contribution in [0.2, 0.25) is 0 Å². The Kier molecular flexibility index (Phi) is 3.45. The SMILES string of the molecule is c1nc(N[C@@H](c2ccc3c(c2)OCCO3)[C@@H]2CCN2)c2cc[nH]c2n1. The second-order valence-corrected chi connectivity index (χ2v) is 6.34. The van der Waals surface area contributed by atoms with Crippen molar-refractivity contribution in [3.63, 3.8) is 0 Å². The fourth-order valence-electron chi connectivity index (χ4n) is 3.40. The van der Waals surface area contributed by atoms with Crippen molar-refractivity contribution in [3.8, 4) is 11.5 Å². The van der Waals surface area contributed by atoms with Crippen LogP contribution in [-0.2, 0) is 0 Å². The lowest BCUT2D eigenvalue weighted by Crippen LogP contribution is -2.49. The molecular formula is C18H19N5O2. The minimum absolute atomic E-state index is 0.0950. The van der Waals surface area contributed by atoms with E-state index in [0.29, 0.717) is 19.3 Å². The van der Waals surface area contributed by atoms with Crippen molar-refractivity contribution < 1.29 is 9.47 Å². The van der Waals surface area contributed by atoms with Crippen LogP contribution in [0.5, 0.6) is 11.5 Å². The third-order valence-electron chi connectivity index (χ3n) is 4.84. The molecule has 1 saturated heterocycles. The fourth-order valence-corrected chi connectivity index (χ4v) is 3.40. The maximum absolute atomic E-state index is 5.75. The maximum atomic E-state index is 5.75. The van der Waals surface area contributed by atoms with Gasteiger partial charge < -0.3 is 25.1 Å². The minimum Gasteiger partial charge on any atom is -0.486 e. The Morgan fingerprint density at radius 3 is 2.84 bits per heavy atom. The summed E-state index contributed by atoms with van der Waals surface area (Å²) < 4.78 is 11.4. The Bertz CT molecular complexity index is 905. The van der Waals surface area contributed by atoms with Crippen LogP contribution >= 0.6 is 0 Å². The zero-order valence-electron chi connectivity index (χ0n) is 13.7. The van der Waals surface area contributed by atoms with Crippen LogP contribution in [0.3, 0.4) is 0 Å². The minimum atomic E-state index is 0.0950. The number of fused-ring (bicyclic) bond motifs is 2. The van der Waals surface area contributed by atoms with Gasteiger partial charge in [-0.1, -0.05) is 6.07 Å². The molecule has 128 valence electrons. The summed E-state index contributed by atoms with van der Waals surface area (Å²) in [7, 11) is 0. The second-order valence-electron chi connectivity index (χ2n) is 6.34. The summed E-state index contributed by atoms with van der Waals surface area (Å²) in [5, 5.41) is 8.09. The van der Waals surface area contributed by atoms with Gasteiger partial charge in [0.1, 0.15) is 31.0 Å². The number of hydrogen-bond acceptors (Lipinski definition) is 6. The van der Waals surface area contributed by atoms with E-state index in [9.17, 15) is 0 Å². The molecule has 7 heteroatoms. The predicted octanol–water partition coefficient (Wildman–Crippen LogP) is 2.24. The Hall–Kier alpha value is -2.80. The summed E-state index contributed by atoms with van der Waals surface area (Å²) in [5.74, 6) is 2.45. The standard InChI is InChI=1S/C18H19N5O2/c1-2-14-15(25-8-7-24-14)9-11(1)16(13-4-6-19-13)23-18-12-3-5-20-17(12)21-10-22-18/h1-3,5,9-10,13,16,19H,4,6-8H2,(H2,20,21,22,23)/t13-,16-/m0/s1. The van der Waals surface area contributed by atoms with Gasteiger partial charge in [0.05, 0.1) is 11.4 Å². The number of benzene rings is 1. The Balaban J connectivity index is 1.51. The molecule has 0 unspecified atom stereocenters. The highest BCUT2D eigenvalue weighted by Crippen LogP contribution is 2.36. The van der Waals surface area contributed by atoms with Gasteiger partial charge in [0.2, 0.25) is 0 Å². The van der Waals surface area contributed by atoms with Gasteiger partial charge in [-0.3, -0.25) is 0 Å². The van der Waals surface area contributed by atoms with Gasteiger partial charge in [-0.2, -0.15) is 0 Å². The molecule has 0 radical (unpaired) electrons. The lowest BCUT2D eigenvalue weighted by Gasteiger charge is -2.36. The fraction of sp³-hybridized carbons (Fsp3) is 0.333. The molecule has 2 aliphatic heterocycles. The summed E-state index contributed by atoms with van der Waals surface area (Å²) >= 11 is 0. The smallest absolute Gasteiger partial charge is 0.161 e. The quantitative estimate of drug-likeness (QED) is 0.677. The average Bonchev–Trinajstić information content (AvgIpc) is 3.09. The largest absolute Gasteiger partial charge is 0.486 e. The number of aromatic amines is 1. The molecule has 0 aliphatic carbocycles. The molecule has 4 heterocycles. The first kappa shape index (κ1) is 14.5. The van der Waals surface area contributed by atoms with Crippen molar-refractivity contribution in [1.82, 2.24) is 20.3 Å². The number of nitrogens with one attached hydrogen (secondary N) is 3. The van der Waals surface area contributed by atoms with E-state index in [1.54, 1.807) is 6.33 Å². The lowest BCUT2D eigenvalue weighted by atomic mass is 9.92. The molecule has 5 rings (SSSR count). The Morgan fingerprint density at radius 2 is 2.00 bits per heavy atom. The second kappa shape index (κ2) is 5.93. The highest BCUT2D eigenvalue weighted by atomic mass is 16.6. The first-order valence-electron chi connectivity index (χ1n) is 8.56. The first-order valence-corrected chi connectivity index (χ1v) is 8.56. The van der Waals surface area contributed by atoms with Gasteiger partial charge in [0.15, 0.2) is 11.5 Å². The van der Waals surface area contributed by atoms with Gasteiger partial charge in [-0.15, -0.1) is 0 Å². The predicted molar refractivity (Wildman–Crippen MR) is 94.1 cm³/mol. The Morgan fingerprint density at radius 1 is 1.12 bits per heavy atom. The molecule has 7 nitrogen and oxygen atoms in total. The summed E-state index contributed by atoms with van der Waals surface area (Å²) in [5.41, 5.74) is 1.99. The lowest BCUT2D eigenvalue weighted by molar-refractivity contribution is 0.171. The van der Waals surface area contributed by atoms with Crippen molar-refractivity contribution in [1.29, 1.82) is 0 Å². The van der Waals surface area contributed by atoms with Gasteiger partial charge in [-0.05, 0) is 36.7 Å². The molecular weight excluding hydrogens is 318 g/mol. The molecule has 0 saturated carbocycles. The molecule has 1 fully saturated rings. The number of rotatable bonds is 4. The third-order valence-corrected chi connectivity index (χ3v) is 4.84. The molecule has 0 bridgehead atoms. The topological polar surface area (TPSA) is 84.1 Å². The summed E-state index contributed by atoms with van der Waals surface area (Å²) in [6.45, 7) is 2.23. The van der Waals surface area contributed by atoms with Crippen LogP contribution < -0.4 is 20.1 Å². The molecule has 1 aromatic carbocycles. The summed E-state index contributed by atoms with van der Waals surface area (Å²) in [6, 6.07) is 8.60. The average molecular weight is 337 g/mol. The molecule has 0 amide bonds. The van der Waals surface area contributed by atoms with E-state index >= 15 is 0 Å². The van der Waals surface area contributed by atoms with Crippen molar-refractivity contribution in [3.05, 3.63) is 42.4 Å². The van der Waals surface area contributed by atoms with Gasteiger partial charge in [-0.25, -0.2) is 9.97 Å². The molecule has 0 spiro atoms. The van der Waals surface area contributed by atoms with Gasteiger partial charge in [0.25, 0.3) is 0 Å². The van der Waals surface area contributed by atoms with E-state index in [4.69, 9.17) is 9.47 Å². The molecule has 2 aromatic heterocycles. The van der Waals surface area contributed by atoms with Crippen molar-refractivity contribution >= 4 is 16.9 Å². The zero-order chi connectivity index (χ0) is 16.6. The maximum Gasteiger partial charge on any atom is 0.161 e. The highest BCUT2D eigenvalue weighted by Gasteiger charge is 2.30. The number of hydrogen-bond donors (Lipinski definition) is 3. The van der Waals surface area contributed by atoms with Crippen LogP contribution in [0.25, 0.3) is 11.0 Å². The molecule has 25 heavy (non-hydrogen) atoms.